The predicted molar refractivity (Wildman–Crippen MR) is 204 cm³/mol. The smallest absolute Gasteiger partial charge is 0.225 e. The molecule has 0 fully saturated rings. The second-order valence-electron chi connectivity index (χ2n) is 12.5. The lowest BCUT2D eigenvalue weighted by Gasteiger charge is -2.15. The van der Waals surface area contributed by atoms with Gasteiger partial charge in [-0.25, -0.2) is 4.57 Å². The lowest BCUT2D eigenvalue weighted by atomic mass is 9.93. The van der Waals surface area contributed by atoms with Gasteiger partial charge in [-0.15, -0.1) is 11.3 Å². The van der Waals surface area contributed by atoms with Crippen molar-refractivity contribution in [1.29, 1.82) is 0 Å². The maximum absolute atomic E-state index is 2.50. The highest BCUT2D eigenvalue weighted by molar-refractivity contribution is 7.26. The Hall–Kier alpha value is -5.77. The van der Waals surface area contributed by atoms with E-state index in [-0.39, 0.29) is 0 Å². The molecule has 7 aromatic carbocycles. The molecule has 0 saturated carbocycles. The molecular formula is C45H33N2S+. The summed E-state index contributed by atoms with van der Waals surface area (Å²) in [6, 6.07) is 59.4. The van der Waals surface area contributed by atoms with Gasteiger partial charge in [0, 0.05) is 21.0 Å². The van der Waals surface area contributed by atoms with Crippen LogP contribution in [0.5, 0.6) is 0 Å². The van der Waals surface area contributed by atoms with Gasteiger partial charge in [-0.2, -0.15) is 4.57 Å². The zero-order chi connectivity index (χ0) is 32.2. The van der Waals surface area contributed by atoms with Gasteiger partial charge >= 0.3 is 0 Å². The third-order valence-corrected chi connectivity index (χ3v) is 10.8. The average molecular weight is 634 g/mol. The predicted octanol–water partition coefficient (Wildman–Crippen LogP) is 11.8. The van der Waals surface area contributed by atoms with Gasteiger partial charge in [0.15, 0.2) is 11.0 Å². The number of para-hydroxylation sites is 2. The zero-order valence-electron chi connectivity index (χ0n) is 26.9. The molecule has 48 heavy (non-hydrogen) atoms. The number of thiophene rings is 1. The number of benzene rings is 7. The van der Waals surface area contributed by atoms with E-state index >= 15 is 0 Å². The summed E-state index contributed by atoms with van der Waals surface area (Å²) in [5.74, 6) is 1.18. The highest BCUT2D eigenvalue weighted by Crippen LogP contribution is 2.47. The van der Waals surface area contributed by atoms with Gasteiger partial charge in [-0.3, -0.25) is 0 Å². The van der Waals surface area contributed by atoms with Crippen molar-refractivity contribution in [1.82, 2.24) is 4.57 Å². The van der Waals surface area contributed by atoms with Crippen LogP contribution >= 0.6 is 11.3 Å². The monoisotopic (exact) mass is 633 g/mol. The van der Waals surface area contributed by atoms with Crippen molar-refractivity contribution in [3.05, 3.63) is 169 Å². The summed E-state index contributed by atoms with van der Waals surface area (Å²) in [6.45, 7) is 2.28. The fourth-order valence-electron chi connectivity index (χ4n) is 7.38. The molecule has 0 bridgehead atoms. The second-order valence-corrected chi connectivity index (χ2v) is 13.5. The van der Waals surface area contributed by atoms with Crippen LogP contribution in [0.1, 0.15) is 5.56 Å². The van der Waals surface area contributed by atoms with Crippen molar-refractivity contribution in [2.24, 2.45) is 7.05 Å². The molecule has 2 nitrogen and oxygen atoms in total. The SMILES string of the molecule is Cc1cc(-c2ccccc2)c2c(sc3ccccc32)c1-c1n(-c2ccc(-c3ccccc3)cc2-c2ccccc2)c2ccccc2[n+]1C. The Labute approximate surface area is 284 Å². The Morgan fingerprint density at radius 3 is 1.88 bits per heavy atom. The number of aryl methyl sites for hydroxylation is 2. The Morgan fingerprint density at radius 2 is 1.15 bits per heavy atom. The van der Waals surface area contributed by atoms with Crippen LogP contribution in [0.4, 0.5) is 0 Å². The first-order chi connectivity index (χ1) is 23.7. The summed E-state index contributed by atoms with van der Waals surface area (Å²) in [5, 5.41) is 2.63. The number of fused-ring (bicyclic) bond motifs is 4. The first kappa shape index (κ1) is 28.5. The maximum Gasteiger partial charge on any atom is 0.296 e. The lowest BCUT2D eigenvalue weighted by Crippen LogP contribution is -2.30. The molecular weight excluding hydrogens is 601 g/mol. The van der Waals surface area contributed by atoms with Crippen LogP contribution in [0.15, 0.2) is 164 Å². The molecule has 9 rings (SSSR count). The first-order valence-corrected chi connectivity index (χ1v) is 17.2. The van der Waals surface area contributed by atoms with E-state index in [0.29, 0.717) is 0 Å². The highest BCUT2D eigenvalue weighted by Gasteiger charge is 2.32. The molecule has 0 amide bonds. The standard InChI is InChI=1S/C45H33N2S/c1-30-28-37(33-20-10-5-11-21-33)43-35-22-12-15-25-41(35)48-44(43)42(30)45-46(2)39-23-13-14-24-40(39)47(45)38-27-26-34(31-16-6-3-7-17-31)29-36(38)32-18-8-4-9-19-32/h3-29H,1-2H3/q+1. The second kappa shape index (κ2) is 11.5. The molecule has 0 atom stereocenters. The third kappa shape index (κ3) is 4.51. The van der Waals surface area contributed by atoms with Crippen molar-refractivity contribution >= 4 is 42.5 Å². The maximum atomic E-state index is 2.50. The lowest BCUT2D eigenvalue weighted by molar-refractivity contribution is -0.633. The summed E-state index contributed by atoms with van der Waals surface area (Å²) in [6.07, 6.45) is 0. The average Bonchev–Trinajstić information content (AvgIpc) is 3.67. The summed E-state index contributed by atoms with van der Waals surface area (Å²) in [5.41, 5.74) is 13.4. The van der Waals surface area contributed by atoms with Gasteiger partial charge in [-0.05, 0) is 76.7 Å². The Balaban J connectivity index is 1.41. The normalized spacial score (nSPS) is 11.5. The van der Waals surface area contributed by atoms with Gasteiger partial charge in [0.2, 0.25) is 0 Å². The van der Waals surface area contributed by atoms with Crippen LogP contribution < -0.4 is 4.57 Å². The van der Waals surface area contributed by atoms with Crippen LogP contribution in [0.2, 0.25) is 0 Å². The topological polar surface area (TPSA) is 8.81 Å². The van der Waals surface area contributed by atoms with Crippen molar-refractivity contribution in [3.8, 4) is 50.5 Å². The van der Waals surface area contributed by atoms with Crippen LogP contribution in [0, 0.1) is 6.92 Å². The number of rotatable bonds is 5. The van der Waals surface area contributed by atoms with Crippen molar-refractivity contribution in [3.63, 3.8) is 0 Å². The van der Waals surface area contributed by atoms with Crippen molar-refractivity contribution in [2.75, 3.05) is 0 Å². The van der Waals surface area contributed by atoms with Gasteiger partial charge in [0.25, 0.3) is 5.82 Å². The fourth-order valence-corrected chi connectivity index (χ4v) is 8.70. The molecule has 0 aliphatic heterocycles. The van der Waals surface area contributed by atoms with Gasteiger partial charge in [-0.1, -0.05) is 127 Å². The van der Waals surface area contributed by atoms with E-state index in [2.05, 4.69) is 187 Å². The highest BCUT2D eigenvalue weighted by atomic mass is 32.1. The molecule has 0 N–H and O–H groups in total. The van der Waals surface area contributed by atoms with Crippen molar-refractivity contribution in [2.45, 2.75) is 6.92 Å². The Morgan fingerprint density at radius 1 is 0.542 bits per heavy atom. The van der Waals surface area contributed by atoms with E-state index in [1.165, 1.54) is 81.5 Å². The number of imidazole rings is 1. The van der Waals surface area contributed by atoms with E-state index in [9.17, 15) is 0 Å². The summed E-state index contributed by atoms with van der Waals surface area (Å²) in [4.78, 5) is 0. The van der Waals surface area contributed by atoms with Gasteiger partial charge in [0.05, 0.1) is 17.3 Å². The summed E-state index contributed by atoms with van der Waals surface area (Å²) >= 11 is 1.90. The zero-order valence-corrected chi connectivity index (χ0v) is 27.7. The van der Waals surface area contributed by atoms with Crippen LogP contribution in [-0.2, 0) is 7.05 Å². The van der Waals surface area contributed by atoms with Gasteiger partial charge in [0.1, 0.15) is 5.69 Å². The van der Waals surface area contributed by atoms with Crippen LogP contribution in [0.25, 0.3) is 81.7 Å². The minimum Gasteiger partial charge on any atom is -0.225 e. The molecule has 0 unspecified atom stereocenters. The molecule has 0 saturated heterocycles. The molecule has 2 heterocycles. The minimum atomic E-state index is 1.16. The molecule has 3 heteroatoms. The third-order valence-electron chi connectivity index (χ3n) is 9.60. The van der Waals surface area contributed by atoms with Crippen LogP contribution in [-0.4, -0.2) is 4.57 Å². The summed E-state index contributed by atoms with van der Waals surface area (Å²) < 4.78 is 7.51. The van der Waals surface area contributed by atoms with E-state index in [1.807, 2.05) is 11.3 Å². The minimum absolute atomic E-state index is 1.16. The Bertz CT molecular complexity index is 2610. The number of hydrogen-bond acceptors (Lipinski definition) is 1. The number of aromatic nitrogens is 2. The summed E-state index contributed by atoms with van der Waals surface area (Å²) in [7, 11) is 2.22. The number of hydrogen-bond donors (Lipinski definition) is 0. The van der Waals surface area contributed by atoms with Crippen LogP contribution in [0.3, 0.4) is 0 Å². The first-order valence-electron chi connectivity index (χ1n) is 16.4. The molecule has 9 aromatic rings. The molecule has 0 radical (unpaired) electrons. The molecule has 228 valence electrons. The largest absolute Gasteiger partial charge is 0.296 e. The number of nitrogens with zero attached hydrogens (tertiary/aromatic N) is 2. The van der Waals surface area contributed by atoms with E-state index in [1.54, 1.807) is 0 Å². The van der Waals surface area contributed by atoms with Gasteiger partial charge < -0.3 is 0 Å². The Kier molecular flexibility index (Phi) is 6.81. The molecule has 0 aliphatic rings. The molecule has 0 spiro atoms. The quantitative estimate of drug-likeness (QED) is 0.167. The van der Waals surface area contributed by atoms with Crippen molar-refractivity contribution < 1.29 is 4.57 Å². The molecule has 0 aliphatic carbocycles. The molecule has 2 aromatic heterocycles. The van der Waals surface area contributed by atoms with E-state index in [4.69, 9.17) is 0 Å². The van der Waals surface area contributed by atoms with E-state index < -0.39 is 0 Å². The van der Waals surface area contributed by atoms with E-state index in [0.717, 1.165) is 5.69 Å². The fraction of sp³-hybridized carbons (Fsp3) is 0.0444.